The first kappa shape index (κ1) is 36.9. The largest absolute Gasteiger partial charge is 0.481 e. The topological polar surface area (TPSA) is 365 Å². The average Bonchev–Trinajstić information content (AvgIpc) is 3.65. The van der Waals surface area contributed by atoms with E-state index in [-0.39, 0.29) is 28.4 Å². The first-order valence-corrected chi connectivity index (χ1v) is 14.9. The van der Waals surface area contributed by atoms with Gasteiger partial charge in [0, 0.05) is 36.5 Å². The van der Waals surface area contributed by atoms with Crippen molar-refractivity contribution in [2.24, 2.45) is 16.9 Å². The van der Waals surface area contributed by atoms with Gasteiger partial charge < -0.3 is 47.9 Å². The minimum absolute atomic E-state index is 0.0742. The van der Waals surface area contributed by atoms with Crippen molar-refractivity contribution >= 4 is 69.7 Å². The number of thiazole rings is 1. The third kappa shape index (κ3) is 8.43. The van der Waals surface area contributed by atoms with Crippen molar-refractivity contribution in [3.8, 4) is 0 Å². The van der Waals surface area contributed by atoms with Crippen molar-refractivity contribution < 1.29 is 54.0 Å². The SMILES string of the molecule is Nc1nc2[nH]cc(CCc3cnc(C(=O)N[C@@H](CCC(=O)O)C(=O)C(C[C@H](N)C(=O)O)(C(=O)O)C(=O)[C@@H](N)CCC(=O)O)s3)c2c(=O)[nH]1. The molecule has 20 nitrogen and oxygen atoms in total. The monoisotopic (exact) mass is 692 g/mol. The molecule has 21 heteroatoms. The molecular weight excluding hydrogens is 660 g/mol. The lowest BCUT2D eigenvalue weighted by Crippen LogP contribution is -2.61. The van der Waals surface area contributed by atoms with Gasteiger partial charge in [0.05, 0.1) is 17.5 Å². The number of rotatable bonds is 19. The molecule has 0 aliphatic rings. The number of aliphatic carboxylic acids is 4. The Morgan fingerprint density at radius 2 is 1.58 bits per heavy atom. The van der Waals surface area contributed by atoms with Gasteiger partial charge in [-0.3, -0.25) is 43.3 Å². The quantitative estimate of drug-likeness (QED) is 0.0622. The number of hydrogen-bond donors (Lipinski definition) is 10. The number of Topliss-reactive ketones (excluding diaryl/α,β-unsaturated/α-hetero) is 2. The summed E-state index contributed by atoms with van der Waals surface area (Å²) in [5, 5.41) is 40.0. The Morgan fingerprint density at radius 3 is 2.19 bits per heavy atom. The Bertz CT molecular complexity index is 1820. The summed E-state index contributed by atoms with van der Waals surface area (Å²) in [6.07, 6.45) is -0.741. The molecule has 3 aromatic heterocycles. The molecule has 0 aliphatic carbocycles. The lowest BCUT2D eigenvalue weighted by Gasteiger charge is -2.33. The molecule has 0 radical (unpaired) electrons. The summed E-state index contributed by atoms with van der Waals surface area (Å²) in [6.45, 7) is 0. The number of nitrogen functional groups attached to an aromatic ring is 1. The van der Waals surface area contributed by atoms with E-state index >= 15 is 0 Å². The second-order valence-electron chi connectivity index (χ2n) is 10.7. The van der Waals surface area contributed by atoms with E-state index in [2.05, 4.69) is 25.3 Å². The third-order valence-corrected chi connectivity index (χ3v) is 8.41. The first-order chi connectivity index (χ1) is 22.5. The van der Waals surface area contributed by atoms with Crippen LogP contribution in [0, 0.1) is 5.41 Å². The number of hydrogen-bond acceptors (Lipinski definition) is 14. The number of ketones is 2. The van der Waals surface area contributed by atoms with Gasteiger partial charge in [-0.2, -0.15) is 4.98 Å². The summed E-state index contributed by atoms with van der Waals surface area (Å²) in [4.78, 5) is 113. The molecule has 0 aromatic carbocycles. The number of nitrogens with zero attached hydrogens (tertiary/aromatic N) is 2. The summed E-state index contributed by atoms with van der Waals surface area (Å²) in [5.74, 6) is -11.1. The molecule has 0 saturated heterocycles. The molecular formula is C27H32N8O12S. The maximum absolute atomic E-state index is 13.9. The molecule has 4 atom stereocenters. The lowest BCUT2D eigenvalue weighted by molar-refractivity contribution is -0.162. The van der Waals surface area contributed by atoms with E-state index in [1.54, 1.807) is 6.20 Å². The number of aryl methyl sites for hydroxylation is 2. The highest BCUT2D eigenvalue weighted by molar-refractivity contribution is 7.13. The normalized spacial score (nSPS) is 14.4. The van der Waals surface area contributed by atoms with Crippen molar-refractivity contribution in [1.29, 1.82) is 0 Å². The minimum Gasteiger partial charge on any atom is -0.481 e. The summed E-state index contributed by atoms with van der Waals surface area (Å²) >= 11 is 0.863. The summed E-state index contributed by atoms with van der Waals surface area (Å²) in [7, 11) is 0. The van der Waals surface area contributed by atoms with Gasteiger partial charge in [0.1, 0.15) is 11.7 Å². The first-order valence-electron chi connectivity index (χ1n) is 14.1. The fraction of sp³-hybridized carbons (Fsp3) is 0.407. The van der Waals surface area contributed by atoms with Crippen LogP contribution >= 0.6 is 11.3 Å². The van der Waals surface area contributed by atoms with Crippen molar-refractivity contribution in [2.75, 3.05) is 5.73 Å². The number of aromatic nitrogens is 4. The molecule has 0 fully saturated rings. The summed E-state index contributed by atoms with van der Waals surface area (Å²) < 4.78 is 0. The number of nitrogens with two attached hydrogens (primary N) is 3. The highest BCUT2D eigenvalue weighted by Crippen LogP contribution is 2.32. The van der Waals surface area contributed by atoms with Gasteiger partial charge in [-0.1, -0.05) is 0 Å². The molecule has 0 spiro atoms. The maximum atomic E-state index is 13.9. The standard InChI is InChI=1S/C27H32N8O12S/c28-12(3-5-15(36)37)18(40)27(25(46)47,7-13(29)24(44)45)19(41)14(4-6-16(38)39)33-22(43)23-32-9-11(48-23)2-1-10-8-31-20-17(10)21(42)35-26(30)34-20/h8-9,12-14H,1-7,28-29H2,(H,33,43)(H,36,37)(H,38,39)(H,44,45)(H,46,47)(H4,30,31,34,35,42)/t12-,13-,14-,27?/m0/s1. The highest BCUT2D eigenvalue weighted by atomic mass is 32.1. The molecule has 48 heavy (non-hydrogen) atoms. The molecule has 0 saturated carbocycles. The number of carboxylic acids is 4. The zero-order chi connectivity index (χ0) is 35.9. The molecule has 0 bridgehead atoms. The molecule has 13 N–H and O–H groups in total. The Morgan fingerprint density at radius 1 is 0.938 bits per heavy atom. The lowest BCUT2D eigenvalue weighted by atomic mass is 9.69. The predicted molar refractivity (Wildman–Crippen MR) is 164 cm³/mol. The van der Waals surface area contributed by atoms with Crippen LogP contribution in [0.15, 0.2) is 17.2 Å². The van der Waals surface area contributed by atoms with Crippen LogP contribution in [-0.4, -0.2) is 99.8 Å². The van der Waals surface area contributed by atoms with Gasteiger partial charge >= 0.3 is 23.9 Å². The number of amides is 1. The molecule has 3 heterocycles. The minimum atomic E-state index is -3.31. The van der Waals surface area contributed by atoms with Crippen LogP contribution in [0.3, 0.4) is 0 Å². The van der Waals surface area contributed by atoms with Crippen molar-refractivity contribution in [3.05, 3.63) is 38.2 Å². The zero-order valence-corrected chi connectivity index (χ0v) is 25.7. The smallest absolute Gasteiger partial charge is 0.325 e. The molecule has 258 valence electrons. The van der Waals surface area contributed by atoms with Gasteiger partial charge in [-0.05, 0) is 31.2 Å². The average molecular weight is 693 g/mol. The number of carbonyl (C=O) groups is 7. The fourth-order valence-corrected chi connectivity index (χ4v) is 5.74. The third-order valence-electron chi connectivity index (χ3n) is 7.35. The van der Waals surface area contributed by atoms with Gasteiger partial charge in [0.15, 0.2) is 22.0 Å². The fourth-order valence-electron chi connectivity index (χ4n) is 4.92. The Labute approximate surface area is 272 Å². The zero-order valence-electron chi connectivity index (χ0n) is 24.9. The number of carboxylic acid groups (broad SMARTS) is 4. The van der Waals surface area contributed by atoms with E-state index in [9.17, 15) is 53.7 Å². The number of carbonyl (C=O) groups excluding carboxylic acids is 3. The molecule has 3 rings (SSSR count). The van der Waals surface area contributed by atoms with Crippen LogP contribution in [-0.2, 0) is 41.6 Å². The molecule has 1 amide bonds. The number of aromatic amines is 2. The van der Waals surface area contributed by atoms with Crippen LogP contribution in [0.1, 0.15) is 52.3 Å². The van der Waals surface area contributed by atoms with Crippen molar-refractivity contribution in [1.82, 2.24) is 25.3 Å². The number of fused-ring (bicyclic) bond motifs is 1. The van der Waals surface area contributed by atoms with Gasteiger partial charge in [0.25, 0.3) is 11.5 Å². The van der Waals surface area contributed by atoms with Gasteiger partial charge in [-0.25, -0.2) is 4.98 Å². The number of H-pyrrole nitrogens is 2. The Hall–Kier alpha value is -5.54. The van der Waals surface area contributed by atoms with Crippen LogP contribution in [0.5, 0.6) is 0 Å². The van der Waals surface area contributed by atoms with Crippen LogP contribution in [0.2, 0.25) is 0 Å². The molecule has 1 unspecified atom stereocenters. The Kier molecular flexibility index (Phi) is 11.8. The van der Waals surface area contributed by atoms with Gasteiger partial charge in [0.2, 0.25) is 5.95 Å². The van der Waals surface area contributed by atoms with Crippen LogP contribution < -0.4 is 28.1 Å². The second-order valence-corrected chi connectivity index (χ2v) is 11.8. The number of anilines is 1. The van der Waals surface area contributed by atoms with Crippen LogP contribution in [0.4, 0.5) is 5.95 Å². The molecule has 0 aliphatic heterocycles. The van der Waals surface area contributed by atoms with E-state index in [1.165, 1.54) is 6.20 Å². The van der Waals surface area contributed by atoms with E-state index in [0.29, 0.717) is 16.9 Å². The van der Waals surface area contributed by atoms with E-state index in [0.717, 1.165) is 11.3 Å². The Balaban J connectivity index is 1.91. The number of nitrogens with one attached hydrogen (secondary N) is 3. The predicted octanol–water partition coefficient (Wildman–Crippen LogP) is -1.76. The highest BCUT2D eigenvalue weighted by Gasteiger charge is 2.57. The summed E-state index contributed by atoms with van der Waals surface area (Å²) in [6, 6.07) is -5.99. The van der Waals surface area contributed by atoms with E-state index in [1.807, 2.05) is 0 Å². The van der Waals surface area contributed by atoms with E-state index in [4.69, 9.17) is 22.3 Å². The van der Waals surface area contributed by atoms with Crippen LogP contribution in [0.25, 0.3) is 11.0 Å². The van der Waals surface area contributed by atoms with Crippen molar-refractivity contribution in [3.63, 3.8) is 0 Å². The van der Waals surface area contributed by atoms with E-state index < -0.39 is 103 Å². The second kappa shape index (κ2) is 15.4. The van der Waals surface area contributed by atoms with Crippen molar-refractivity contribution in [2.45, 2.75) is 63.1 Å². The van der Waals surface area contributed by atoms with Gasteiger partial charge in [-0.15, -0.1) is 11.3 Å². The summed E-state index contributed by atoms with van der Waals surface area (Å²) in [5.41, 5.74) is 14.0. The maximum Gasteiger partial charge on any atom is 0.325 e. The molecule has 3 aromatic rings.